The van der Waals surface area contributed by atoms with Gasteiger partial charge in [-0.3, -0.25) is 14.9 Å². The number of carbonyl (C=O) groups is 2. The van der Waals surface area contributed by atoms with Crippen molar-refractivity contribution in [2.75, 3.05) is 6.26 Å². The molecule has 3 rings (SSSR count). The molecule has 25 heavy (non-hydrogen) atoms. The normalized spacial score (nSPS) is 25.5. The molecule has 8 heteroatoms. The molecular formula is C17H20N2O5S. The predicted molar refractivity (Wildman–Crippen MR) is 92.8 cm³/mol. The summed E-state index contributed by atoms with van der Waals surface area (Å²) in [5.41, 5.74) is 0.0617. The number of amides is 1. The van der Waals surface area contributed by atoms with Gasteiger partial charge in [-0.1, -0.05) is 12.8 Å². The summed E-state index contributed by atoms with van der Waals surface area (Å²) in [5.74, 6) is -1.21. The number of nitrogens with zero attached hydrogens (tertiary/aromatic N) is 2. The van der Waals surface area contributed by atoms with E-state index in [0.29, 0.717) is 11.3 Å². The number of rotatable bonds is 4. The van der Waals surface area contributed by atoms with Crippen molar-refractivity contribution in [1.82, 2.24) is 4.90 Å². The second-order valence-electron chi connectivity index (χ2n) is 6.56. The fraction of sp³-hybridized carbons (Fsp3) is 0.529. The first kappa shape index (κ1) is 17.7. The van der Waals surface area contributed by atoms with Gasteiger partial charge in [0.1, 0.15) is 6.04 Å². The monoisotopic (exact) mass is 364 g/mol. The highest BCUT2D eigenvalue weighted by molar-refractivity contribution is 7.98. The SMILES string of the molecule is CSc1ccc(C(=O)N2C(C(=O)O)CC3CCCCC32)cc1[N+](=O)[O-]. The minimum Gasteiger partial charge on any atom is -0.480 e. The Hall–Kier alpha value is -2.09. The number of fused-ring (bicyclic) bond motifs is 1. The van der Waals surface area contributed by atoms with Crippen LogP contribution >= 0.6 is 11.8 Å². The van der Waals surface area contributed by atoms with Crippen molar-refractivity contribution in [3.63, 3.8) is 0 Å². The zero-order valence-electron chi connectivity index (χ0n) is 13.9. The van der Waals surface area contributed by atoms with E-state index in [1.807, 2.05) is 0 Å². The lowest BCUT2D eigenvalue weighted by atomic mass is 9.84. The number of carboxylic acids is 1. The summed E-state index contributed by atoms with van der Waals surface area (Å²) in [4.78, 5) is 37.4. The van der Waals surface area contributed by atoms with Gasteiger partial charge in [0.25, 0.3) is 11.6 Å². The van der Waals surface area contributed by atoms with Crippen LogP contribution in [0.3, 0.4) is 0 Å². The number of carboxylic acid groups (broad SMARTS) is 1. The summed E-state index contributed by atoms with van der Waals surface area (Å²) in [5, 5.41) is 20.8. The molecule has 1 aromatic rings. The van der Waals surface area contributed by atoms with Crippen molar-refractivity contribution in [1.29, 1.82) is 0 Å². The summed E-state index contributed by atoms with van der Waals surface area (Å²) in [6.07, 6.45) is 5.97. The molecule has 1 amide bonds. The first-order valence-electron chi connectivity index (χ1n) is 8.32. The standard InChI is InChI=1S/C17H20N2O5S/c1-25-15-7-6-11(9-13(15)19(23)24)16(20)18-12-5-3-2-4-10(12)8-14(18)17(21)22/h6-7,9-10,12,14H,2-5,8H2,1H3,(H,21,22). The first-order chi connectivity index (χ1) is 11.9. The van der Waals surface area contributed by atoms with Crippen LogP contribution in [-0.4, -0.2) is 45.1 Å². The average Bonchev–Trinajstić information content (AvgIpc) is 3.00. The second kappa shape index (κ2) is 7.03. The summed E-state index contributed by atoms with van der Waals surface area (Å²) < 4.78 is 0. The number of hydrogen-bond acceptors (Lipinski definition) is 5. The molecule has 0 aromatic heterocycles. The molecule has 1 saturated heterocycles. The molecule has 1 aliphatic carbocycles. The van der Waals surface area contributed by atoms with Crippen LogP contribution in [-0.2, 0) is 4.79 Å². The second-order valence-corrected chi connectivity index (χ2v) is 7.41. The van der Waals surface area contributed by atoms with Gasteiger partial charge < -0.3 is 10.0 Å². The smallest absolute Gasteiger partial charge is 0.326 e. The van der Waals surface area contributed by atoms with E-state index in [2.05, 4.69) is 0 Å². The highest BCUT2D eigenvalue weighted by Gasteiger charge is 2.47. The summed E-state index contributed by atoms with van der Waals surface area (Å²) in [7, 11) is 0. The Morgan fingerprint density at radius 1 is 1.32 bits per heavy atom. The maximum Gasteiger partial charge on any atom is 0.326 e. The van der Waals surface area contributed by atoms with Gasteiger partial charge >= 0.3 is 5.97 Å². The van der Waals surface area contributed by atoms with Gasteiger partial charge in [-0.15, -0.1) is 11.8 Å². The van der Waals surface area contributed by atoms with E-state index in [-0.39, 0.29) is 23.2 Å². The Labute approximate surface area is 149 Å². The van der Waals surface area contributed by atoms with Crippen molar-refractivity contribution in [2.24, 2.45) is 5.92 Å². The van der Waals surface area contributed by atoms with Crippen molar-refractivity contribution < 1.29 is 19.6 Å². The molecule has 1 aromatic carbocycles. The molecule has 1 aliphatic heterocycles. The number of nitro benzene ring substituents is 1. The third kappa shape index (κ3) is 3.22. The van der Waals surface area contributed by atoms with E-state index < -0.39 is 22.8 Å². The third-order valence-electron chi connectivity index (χ3n) is 5.23. The molecule has 3 atom stereocenters. The van der Waals surface area contributed by atoms with Crippen LogP contribution in [0.25, 0.3) is 0 Å². The van der Waals surface area contributed by atoms with Crippen LogP contribution in [0.4, 0.5) is 5.69 Å². The Bertz CT molecular complexity index is 723. The lowest BCUT2D eigenvalue weighted by molar-refractivity contribution is -0.387. The molecule has 2 fully saturated rings. The molecule has 1 heterocycles. The Morgan fingerprint density at radius 3 is 2.68 bits per heavy atom. The summed E-state index contributed by atoms with van der Waals surface area (Å²) in [6, 6.07) is 3.45. The third-order valence-corrected chi connectivity index (χ3v) is 6.02. The minimum absolute atomic E-state index is 0.0818. The molecule has 134 valence electrons. The van der Waals surface area contributed by atoms with Crippen molar-refractivity contribution >= 4 is 29.3 Å². The van der Waals surface area contributed by atoms with Crippen LogP contribution < -0.4 is 0 Å². The maximum absolute atomic E-state index is 13.0. The largest absolute Gasteiger partial charge is 0.480 e. The molecule has 2 aliphatic rings. The van der Waals surface area contributed by atoms with Crippen LogP contribution in [0.15, 0.2) is 23.1 Å². The molecule has 0 radical (unpaired) electrons. The van der Waals surface area contributed by atoms with E-state index in [1.54, 1.807) is 18.4 Å². The van der Waals surface area contributed by atoms with Crippen LogP contribution in [0.1, 0.15) is 42.5 Å². The number of nitro groups is 1. The number of benzene rings is 1. The highest BCUT2D eigenvalue weighted by atomic mass is 32.2. The molecule has 1 saturated carbocycles. The fourth-order valence-electron chi connectivity index (χ4n) is 4.09. The number of hydrogen-bond donors (Lipinski definition) is 1. The number of carbonyl (C=O) groups excluding carboxylic acids is 1. The number of thioether (sulfide) groups is 1. The quantitative estimate of drug-likeness (QED) is 0.500. The van der Waals surface area contributed by atoms with E-state index in [4.69, 9.17) is 0 Å². The van der Waals surface area contributed by atoms with Gasteiger partial charge in [-0.2, -0.15) is 0 Å². The minimum atomic E-state index is -1.00. The maximum atomic E-state index is 13.0. The lowest BCUT2D eigenvalue weighted by Gasteiger charge is -2.33. The molecule has 7 nitrogen and oxygen atoms in total. The van der Waals surface area contributed by atoms with Gasteiger partial charge in [0.05, 0.1) is 9.82 Å². The van der Waals surface area contributed by atoms with Crippen LogP contribution in [0.5, 0.6) is 0 Å². The molecule has 0 spiro atoms. The van der Waals surface area contributed by atoms with Gasteiger partial charge in [0, 0.05) is 17.7 Å². The summed E-state index contributed by atoms with van der Waals surface area (Å²) >= 11 is 1.24. The number of aliphatic carboxylic acids is 1. The predicted octanol–water partition coefficient (Wildman–Crippen LogP) is 3.17. The molecule has 1 N–H and O–H groups in total. The van der Waals surface area contributed by atoms with Crippen LogP contribution in [0.2, 0.25) is 0 Å². The van der Waals surface area contributed by atoms with Gasteiger partial charge in [-0.25, -0.2) is 4.79 Å². The average molecular weight is 364 g/mol. The lowest BCUT2D eigenvalue weighted by Crippen LogP contribution is -2.46. The molecule has 0 bridgehead atoms. The molecular weight excluding hydrogens is 344 g/mol. The Balaban J connectivity index is 1.96. The van der Waals surface area contributed by atoms with Gasteiger partial charge in [-0.05, 0) is 43.6 Å². The van der Waals surface area contributed by atoms with E-state index in [1.165, 1.54) is 22.7 Å². The Morgan fingerprint density at radius 2 is 2.04 bits per heavy atom. The first-order valence-corrected chi connectivity index (χ1v) is 9.54. The van der Waals surface area contributed by atoms with E-state index >= 15 is 0 Å². The molecule has 3 unspecified atom stereocenters. The fourth-order valence-corrected chi connectivity index (χ4v) is 4.63. The zero-order valence-corrected chi connectivity index (χ0v) is 14.7. The van der Waals surface area contributed by atoms with Gasteiger partial charge in [0.15, 0.2) is 0 Å². The zero-order chi connectivity index (χ0) is 18.1. The van der Waals surface area contributed by atoms with Crippen LogP contribution in [0, 0.1) is 16.0 Å². The summed E-state index contributed by atoms with van der Waals surface area (Å²) in [6.45, 7) is 0. The van der Waals surface area contributed by atoms with E-state index in [9.17, 15) is 24.8 Å². The number of likely N-dealkylation sites (tertiary alicyclic amines) is 1. The van der Waals surface area contributed by atoms with Crippen molar-refractivity contribution in [2.45, 2.75) is 49.1 Å². The Kier molecular flexibility index (Phi) is 4.99. The van der Waals surface area contributed by atoms with Crippen molar-refractivity contribution in [3.8, 4) is 0 Å². The topological polar surface area (TPSA) is 101 Å². The van der Waals surface area contributed by atoms with Gasteiger partial charge in [0.2, 0.25) is 0 Å². The van der Waals surface area contributed by atoms with E-state index in [0.717, 1.165) is 25.7 Å². The van der Waals surface area contributed by atoms with Crippen molar-refractivity contribution in [3.05, 3.63) is 33.9 Å². The highest BCUT2D eigenvalue weighted by Crippen LogP contribution is 2.41.